The van der Waals surface area contributed by atoms with Crippen LogP contribution in [0.2, 0.25) is 18.1 Å². The molecule has 28 heavy (non-hydrogen) atoms. The fourth-order valence-corrected chi connectivity index (χ4v) is 5.21. The summed E-state index contributed by atoms with van der Waals surface area (Å²) >= 11 is 0. The minimum Gasteiger partial charge on any atom is -0.497 e. The molecule has 0 bridgehead atoms. The van der Waals surface area contributed by atoms with Crippen molar-refractivity contribution in [2.75, 3.05) is 13.7 Å². The zero-order chi connectivity index (χ0) is 20.6. The fourth-order valence-electron chi connectivity index (χ4n) is 4.16. The second kappa shape index (κ2) is 7.64. The molecule has 2 aliphatic carbocycles. The summed E-state index contributed by atoms with van der Waals surface area (Å²) in [6, 6.07) is 10.2. The van der Waals surface area contributed by atoms with Crippen molar-refractivity contribution in [3.63, 3.8) is 0 Å². The number of carbonyl (C=O) groups is 1. The number of hydrogen-bond acceptors (Lipinski definition) is 3. The lowest BCUT2D eigenvalue weighted by atomic mass is 9.72. The lowest BCUT2D eigenvalue weighted by Gasteiger charge is -2.39. The minimum atomic E-state index is -1.88. The van der Waals surface area contributed by atoms with Gasteiger partial charge in [-0.15, -0.1) is 0 Å². The van der Waals surface area contributed by atoms with Crippen LogP contribution < -0.4 is 0 Å². The van der Waals surface area contributed by atoms with Gasteiger partial charge in [-0.1, -0.05) is 57.2 Å². The molecule has 1 aromatic carbocycles. The molecule has 0 aromatic heterocycles. The summed E-state index contributed by atoms with van der Waals surface area (Å²) in [6.07, 6.45) is 7.69. The maximum atomic E-state index is 13.7. The van der Waals surface area contributed by atoms with E-state index in [-0.39, 0.29) is 16.9 Å². The number of methoxy groups -OCH3 is 1. The molecule has 152 valence electrons. The summed E-state index contributed by atoms with van der Waals surface area (Å²) in [5.74, 6) is 1.18. The molecule has 1 saturated carbocycles. The van der Waals surface area contributed by atoms with E-state index in [0.717, 1.165) is 24.2 Å². The predicted molar refractivity (Wildman–Crippen MR) is 117 cm³/mol. The Morgan fingerprint density at radius 1 is 1.18 bits per heavy atom. The van der Waals surface area contributed by atoms with Gasteiger partial charge in [0.05, 0.1) is 12.5 Å². The molecule has 3 atom stereocenters. The Labute approximate surface area is 171 Å². The second-order valence-electron chi connectivity index (χ2n) is 9.73. The van der Waals surface area contributed by atoms with Gasteiger partial charge in [-0.3, -0.25) is 4.79 Å². The summed E-state index contributed by atoms with van der Waals surface area (Å²) in [4.78, 5) is 13.7. The highest BCUT2D eigenvalue weighted by molar-refractivity contribution is 6.74. The Morgan fingerprint density at radius 3 is 2.46 bits per heavy atom. The van der Waals surface area contributed by atoms with Crippen LogP contribution in [0.15, 0.2) is 54.3 Å². The van der Waals surface area contributed by atoms with E-state index in [4.69, 9.17) is 9.16 Å². The molecule has 2 aliphatic rings. The van der Waals surface area contributed by atoms with Crippen molar-refractivity contribution in [3.8, 4) is 0 Å². The highest BCUT2D eigenvalue weighted by atomic mass is 28.4. The minimum absolute atomic E-state index is 0.0740. The maximum absolute atomic E-state index is 13.7. The third kappa shape index (κ3) is 3.77. The highest BCUT2D eigenvalue weighted by Crippen LogP contribution is 2.53. The molecule has 3 nitrogen and oxygen atoms in total. The lowest BCUT2D eigenvalue weighted by Crippen LogP contribution is -2.44. The Kier molecular flexibility index (Phi) is 5.75. The number of rotatable bonds is 5. The van der Waals surface area contributed by atoms with Gasteiger partial charge in [0.25, 0.3) is 0 Å². The quantitative estimate of drug-likeness (QED) is 0.583. The standard InChI is InChI=1S/C24H34O3Si/c1-23(2,3)28(5,6)27-17-19-15-21(18-11-8-7-9-12-18)22(25)24(19)14-10-13-20(16-24)26-4/h7-13,16,19,21H,14-15,17H2,1-6H3/t19-,21?,24-/m0/s1. The van der Waals surface area contributed by atoms with Crippen molar-refractivity contribution >= 4 is 14.1 Å². The topological polar surface area (TPSA) is 35.5 Å². The largest absolute Gasteiger partial charge is 0.497 e. The Bertz CT molecular complexity index is 773. The molecule has 1 spiro atoms. The summed E-state index contributed by atoms with van der Waals surface area (Å²) in [5, 5.41) is 0.154. The van der Waals surface area contributed by atoms with E-state index in [1.807, 2.05) is 24.3 Å². The monoisotopic (exact) mass is 398 g/mol. The summed E-state index contributed by atoms with van der Waals surface area (Å²) in [6.45, 7) is 12.0. The zero-order valence-corrected chi connectivity index (χ0v) is 19.1. The molecule has 0 heterocycles. The molecule has 0 saturated heterocycles. The van der Waals surface area contributed by atoms with E-state index in [0.29, 0.717) is 12.4 Å². The van der Waals surface area contributed by atoms with Crippen LogP contribution in [0.5, 0.6) is 0 Å². The van der Waals surface area contributed by atoms with Gasteiger partial charge in [-0.2, -0.15) is 0 Å². The van der Waals surface area contributed by atoms with Crippen LogP contribution in [0.25, 0.3) is 0 Å². The Balaban J connectivity index is 1.93. The third-order valence-electron chi connectivity index (χ3n) is 7.05. The summed E-state index contributed by atoms with van der Waals surface area (Å²) in [5.41, 5.74) is 0.590. The van der Waals surface area contributed by atoms with E-state index in [1.165, 1.54) is 0 Å². The van der Waals surface area contributed by atoms with Crippen LogP contribution in [0, 0.1) is 11.3 Å². The highest BCUT2D eigenvalue weighted by Gasteiger charge is 2.54. The number of ether oxygens (including phenoxy) is 1. The summed E-state index contributed by atoms with van der Waals surface area (Å²) in [7, 11) is -0.211. The van der Waals surface area contributed by atoms with Gasteiger partial charge in [-0.05, 0) is 54.6 Å². The van der Waals surface area contributed by atoms with Crippen LogP contribution in [-0.2, 0) is 14.0 Å². The number of Topliss-reactive ketones (excluding diaryl/α,β-unsaturated/α-hetero) is 1. The van der Waals surface area contributed by atoms with Crippen LogP contribution >= 0.6 is 0 Å². The number of hydrogen-bond donors (Lipinski definition) is 0. The van der Waals surface area contributed by atoms with Crippen LogP contribution in [-0.4, -0.2) is 27.8 Å². The SMILES string of the molecule is COC1=C[C@]2(CC=C1)C(=O)C(c1ccccc1)C[C@H]2CO[Si](C)(C)C(C)(C)C. The van der Waals surface area contributed by atoms with E-state index in [9.17, 15) is 4.79 Å². The molecule has 0 radical (unpaired) electrons. The van der Waals surface area contributed by atoms with Gasteiger partial charge in [0.15, 0.2) is 14.1 Å². The molecule has 3 rings (SSSR count). The maximum Gasteiger partial charge on any atom is 0.191 e. The van der Waals surface area contributed by atoms with Crippen molar-refractivity contribution in [3.05, 3.63) is 59.9 Å². The Morgan fingerprint density at radius 2 is 1.86 bits per heavy atom. The van der Waals surface area contributed by atoms with Gasteiger partial charge < -0.3 is 9.16 Å². The predicted octanol–water partition coefficient (Wildman–Crippen LogP) is 5.86. The average molecular weight is 399 g/mol. The van der Waals surface area contributed by atoms with E-state index in [2.05, 4.69) is 58.2 Å². The second-order valence-corrected chi connectivity index (χ2v) is 14.5. The van der Waals surface area contributed by atoms with E-state index >= 15 is 0 Å². The van der Waals surface area contributed by atoms with Crippen LogP contribution in [0.3, 0.4) is 0 Å². The summed E-state index contributed by atoms with van der Waals surface area (Å²) < 4.78 is 12.1. The number of benzene rings is 1. The molecule has 1 unspecified atom stereocenters. The van der Waals surface area contributed by atoms with Gasteiger partial charge in [0, 0.05) is 12.5 Å². The van der Waals surface area contributed by atoms with Crippen molar-refractivity contribution in [1.29, 1.82) is 0 Å². The Hall–Kier alpha value is -1.65. The van der Waals surface area contributed by atoms with Crippen molar-refractivity contribution < 1.29 is 14.0 Å². The molecular formula is C24H34O3Si. The average Bonchev–Trinajstić information content (AvgIpc) is 2.92. The van der Waals surface area contributed by atoms with Gasteiger partial charge in [0.1, 0.15) is 5.76 Å². The molecular weight excluding hydrogens is 364 g/mol. The number of allylic oxidation sites excluding steroid dienone is 3. The van der Waals surface area contributed by atoms with E-state index in [1.54, 1.807) is 7.11 Å². The number of carbonyl (C=O) groups excluding carboxylic acids is 1. The number of ketones is 1. The first-order chi connectivity index (χ1) is 13.1. The third-order valence-corrected chi connectivity index (χ3v) is 11.6. The van der Waals surface area contributed by atoms with E-state index < -0.39 is 13.7 Å². The lowest BCUT2D eigenvalue weighted by molar-refractivity contribution is -0.126. The first-order valence-electron chi connectivity index (χ1n) is 10.3. The normalized spacial score (nSPS) is 27.9. The first kappa shape index (κ1) is 21.1. The van der Waals surface area contributed by atoms with Gasteiger partial charge in [0.2, 0.25) is 0 Å². The van der Waals surface area contributed by atoms with Gasteiger partial charge in [-0.25, -0.2) is 0 Å². The van der Waals surface area contributed by atoms with Crippen molar-refractivity contribution in [2.45, 2.75) is 57.7 Å². The molecule has 0 N–H and O–H groups in total. The fraction of sp³-hybridized carbons (Fsp3) is 0.542. The van der Waals surface area contributed by atoms with Crippen molar-refractivity contribution in [2.24, 2.45) is 11.3 Å². The van der Waals surface area contributed by atoms with Crippen LogP contribution in [0.1, 0.15) is 45.1 Å². The molecule has 1 aromatic rings. The zero-order valence-electron chi connectivity index (χ0n) is 18.1. The first-order valence-corrected chi connectivity index (χ1v) is 13.2. The molecule has 1 fully saturated rings. The molecule has 4 heteroatoms. The molecule has 0 amide bonds. The van der Waals surface area contributed by atoms with Gasteiger partial charge >= 0.3 is 0 Å². The molecule has 0 aliphatic heterocycles. The van der Waals surface area contributed by atoms with Crippen LogP contribution in [0.4, 0.5) is 0 Å². The van der Waals surface area contributed by atoms with Crippen molar-refractivity contribution in [1.82, 2.24) is 0 Å². The smallest absolute Gasteiger partial charge is 0.191 e.